The van der Waals surface area contributed by atoms with E-state index < -0.39 is 0 Å². The predicted octanol–water partition coefficient (Wildman–Crippen LogP) is 3.20. The van der Waals surface area contributed by atoms with Crippen molar-refractivity contribution in [2.45, 2.75) is 6.92 Å². The van der Waals surface area contributed by atoms with E-state index in [-0.39, 0.29) is 0 Å². The molecular weight excluding hydrogens is 258 g/mol. The molecule has 0 atom stereocenters. The molecule has 0 aliphatic carbocycles. The van der Waals surface area contributed by atoms with E-state index >= 15 is 0 Å². The van der Waals surface area contributed by atoms with Gasteiger partial charge in [-0.25, -0.2) is 4.98 Å². The Labute approximate surface area is 115 Å². The van der Waals surface area contributed by atoms with Gasteiger partial charge in [0.25, 0.3) is 0 Å². The van der Waals surface area contributed by atoms with Gasteiger partial charge in [-0.1, -0.05) is 0 Å². The van der Waals surface area contributed by atoms with Gasteiger partial charge >= 0.3 is 0 Å². The number of aromatic nitrogens is 2. The topological polar surface area (TPSA) is 53.1 Å². The first-order valence-corrected chi connectivity index (χ1v) is 6.78. The summed E-state index contributed by atoms with van der Waals surface area (Å²) in [5.41, 5.74) is 9.01. The van der Waals surface area contributed by atoms with Crippen molar-refractivity contribution in [3.8, 4) is 17.0 Å². The maximum atomic E-state index is 5.80. The van der Waals surface area contributed by atoms with E-state index in [1.54, 1.807) is 7.11 Å². The zero-order valence-corrected chi connectivity index (χ0v) is 11.9. The standard InChI is InChI=1S/C14H15N3OS/c1-8-13(16-14(15)19-8)11-7-17(2)12-5-4-9(18-3)6-10(11)12/h4-7H,1-3H3,(H2,15,16). The van der Waals surface area contributed by atoms with Crippen LogP contribution in [-0.2, 0) is 7.05 Å². The number of nitrogens with zero attached hydrogens (tertiary/aromatic N) is 2. The molecule has 0 unspecified atom stereocenters. The number of methoxy groups -OCH3 is 1. The fraction of sp³-hybridized carbons (Fsp3) is 0.214. The van der Waals surface area contributed by atoms with Gasteiger partial charge in [0.15, 0.2) is 5.13 Å². The SMILES string of the molecule is COc1ccc2c(c1)c(-c1nc(N)sc1C)cn2C. The third-order valence-corrected chi connectivity index (χ3v) is 4.06. The van der Waals surface area contributed by atoms with Crippen molar-refractivity contribution in [3.05, 3.63) is 29.3 Å². The summed E-state index contributed by atoms with van der Waals surface area (Å²) >= 11 is 1.52. The predicted molar refractivity (Wildman–Crippen MR) is 79.7 cm³/mol. The Hall–Kier alpha value is -2.01. The lowest BCUT2D eigenvalue weighted by molar-refractivity contribution is 0.415. The summed E-state index contributed by atoms with van der Waals surface area (Å²) in [7, 11) is 3.71. The molecular formula is C14H15N3OS. The van der Waals surface area contributed by atoms with Crippen LogP contribution in [0.3, 0.4) is 0 Å². The van der Waals surface area contributed by atoms with Gasteiger partial charge in [-0.05, 0) is 25.1 Å². The average molecular weight is 273 g/mol. The minimum absolute atomic E-state index is 0.604. The van der Waals surface area contributed by atoms with Crippen LogP contribution in [0.5, 0.6) is 5.75 Å². The second-order valence-corrected chi connectivity index (χ2v) is 5.73. The third-order valence-electron chi connectivity index (χ3n) is 3.26. The van der Waals surface area contributed by atoms with Crippen molar-refractivity contribution in [1.29, 1.82) is 0 Å². The molecule has 2 aromatic heterocycles. The maximum absolute atomic E-state index is 5.80. The van der Waals surface area contributed by atoms with Crippen LogP contribution in [0.1, 0.15) is 4.88 Å². The number of nitrogens with two attached hydrogens (primary N) is 1. The molecule has 1 aromatic carbocycles. The molecule has 0 aliphatic heterocycles. The van der Waals surface area contributed by atoms with Gasteiger partial charge in [-0.2, -0.15) is 0 Å². The van der Waals surface area contributed by atoms with Gasteiger partial charge < -0.3 is 15.0 Å². The van der Waals surface area contributed by atoms with E-state index in [4.69, 9.17) is 10.5 Å². The molecule has 3 aromatic rings. The Morgan fingerprint density at radius 2 is 2.16 bits per heavy atom. The fourth-order valence-electron chi connectivity index (χ4n) is 2.35. The zero-order chi connectivity index (χ0) is 13.6. The minimum atomic E-state index is 0.604. The van der Waals surface area contributed by atoms with Gasteiger partial charge in [-0.3, -0.25) is 0 Å². The summed E-state index contributed by atoms with van der Waals surface area (Å²) in [6.07, 6.45) is 2.09. The molecule has 0 saturated carbocycles. The number of hydrogen-bond acceptors (Lipinski definition) is 4. The third kappa shape index (κ3) is 1.86. The van der Waals surface area contributed by atoms with Gasteiger partial charge in [0.1, 0.15) is 5.75 Å². The van der Waals surface area contributed by atoms with Crippen LogP contribution in [0.4, 0.5) is 5.13 Å². The molecule has 4 nitrogen and oxygen atoms in total. The second kappa shape index (κ2) is 4.28. The van der Waals surface area contributed by atoms with Crippen LogP contribution in [-0.4, -0.2) is 16.7 Å². The number of ether oxygens (including phenoxy) is 1. The number of rotatable bonds is 2. The lowest BCUT2D eigenvalue weighted by atomic mass is 10.1. The Balaban J connectivity index is 2.31. The summed E-state index contributed by atoms with van der Waals surface area (Å²) in [4.78, 5) is 5.57. The molecule has 0 bridgehead atoms. The maximum Gasteiger partial charge on any atom is 0.180 e. The summed E-state index contributed by atoms with van der Waals surface area (Å²) in [5, 5.41) is 1.74. The highest BCUT2D eigenvalue weighted by Gasteiger charge is 2.15. The first kappa shape index (κ1) is 12.0. The Morgan fingerprint density at radius 3 is 2.79 bits per heavy atom. The fourth-order valence-corrected chi connectivity index (χ4v) is 3.06. The zero-order valence-electron chi connectivity index (χ0n) is 11.1. The summed E-state index contributed by atoms with van der Waals surface area (Å²) in [6.45, 7) is 2.04. The number of anilines is 1. The number of thiazole rings is 1. The number of fused-ring (bicyclic) bond motifs is 1. The van der Waals surface area contributed by atoms with Crippen LogP contribution >= 0.6 is 11.3 Å². The van der Waals surface area contributed by atoms with Gasteiger partial charge in [0.05, 0.1) is 12.8 Å². The quantitative estimate of drug-likeness (QED) is 0.780. The molecule has 2 N–H and O–H groups in total. The monoisotopic (exact) mass is 273 g/mol. The summed E-state index contributed by atoms with van der Waals surface area (Å²) in [5.74, 6) is 0.848. The highest BCUT2D eigenvalue weighted by Crippen LogP contribution is 2.36. The van der Waals surface area contributed by atoms with Gasteiger partial charge in [0.2, 0.25) is 0 Å². The molecule has 0 radical (unpaired) electrons. The van der Waals surface area contributed by atoms with Crippen molar-refractivity contribution in [3.63, 3.8) is 0 Å². The molecule has 3 rings (SSSR count). The van der Waals surface area contributed by atoms with Gasteiger partial charge in [0, 0.05) is 34.6 Å². The number of aryl methyl sites for hydroxylation is 2. The highest BCUT2D eigenvalue weighted by molar-refractivity contribution is 7.15. The van der Waals surface area contributed by atoms with Crippen LogP contribution in [0, 0.1) is 6.92 Å². The van der Waals surface area contributed by atoms with E-state index in [2.05, 4.69) is 21.8 Å². The lowest BCUT2D eigenvalue weighted by Crippen LogP contribution is -1.85. The number of nitrogen functional groups attached to an aromatic ring is 1. The normalized spacial score (nSPS) is 11.1. The molecule has 0 saturated heterocycles. The van der Waals surface area contributed by atoms with Crippen molar-refractivity contribution in [2.24, 2.45) is 7.05 Å². The van der Waals surface area contributed by atoms with Crippen molar-refractivity contribution < 1.29 is 4.74 Å². The van der Waals surface area contributed by atoms with Crippen molar-refractivity contribution in [1.82, 2.24) is 9.55 Å². The van der Waals surface area contributed by atoms with E-state index in [9.17, 15) is 0 Å². The molecule has 0 amide bonds. The van der Waals surface area contributed by atoms with Gasteiger partial charge in [-0.15, -0.1) is 11.3 Å². The smallest absolute Gasteiger partial charge is 0.180 e. The van der Waals surface area contributed by atoms with E-state index in [1.807, 2.05) is 26.1 Å². The number of hydrogen-bond donors (Lipinski definition) is 1. The first-order chi connectivity index (χ1) is 9.10. The molecule has 19 heavy (non-hydrogen) atoms. The van der Waals surface area contributed by atoms with Crippen LogP contribution in [0.15, 0.2) is 24.4 Å². The Bertz CT molecular complexity index is 757. The summed E-state index contributed by atoms with van der Waals surface area (Å²) in [6, 6.07) is 6.07. The molecule has 2 heterocycles. The molecule has 0 fully saturated rings. The first-order valence-electron chi connectivity index (χ1n) is 5.96. The van der Waals surface area contributed by atoms with E-state index in [0.29, 0.717) is 5.13 Å². The van der Waals surface area contributed by atoms with Crippen LogP contribution < -0.4 is 10.5 Å². The van der Waals surface area contributed by atoms with Crippen molar-refractivity contribution in [2.75, 3.05) is 12.8 Å². The average Bonchev–Trinajstić information content (AvgIpc) is 2.89. The Morgan fingerprint density at radius 1 is 1.37 bits per heavy atom. The van der Waals surface area contributed by atoms with Crippen LogP contribution in [0.2, 0.25) is 0 Å². The molecule has 0 aliphatic rings. The second-order valence-electron chi connectivity index (χ2n) is 4.49. The molecule has 0 spiro atoms. The highest BCUT2D eigenvalue weighted by atomic mass is 32.1. The Kier molecular flexibility index (Phi) is 2.71. The molecule has 98 valence electrons. The van der Waals surface area contributed by atoms with E-state index in [1.165, 1.54) is 11.3 Å². The largest absolute Gasteiger partial charge is 0.497 e. The van der Waals surface area contributed by atoms with Crippen LogP contribution in [0.25, 0.3) is 22.2 Å². The lowest BCUT2D eigenvalue weighted by Gasteiger charge is -2.01. The summed E-state index contributed by atoms with van der Waals surface area (Å²) < 4.78 is 7.40. The molecule has 5 heteroatoms. The van der Waals surface area contributed by atoms with Crippen molar-refractivity contribution >= 4 is 27.4 Å². The van der Waals surface area contributed by atoms with E-state index in [0.717, 1.165) is 32.8 Å². The number of benzene rings is 1. The minimum Gasteiger partial charge on any atom is -0.497 e.